The van der Waals surface area contributed by atoms with Crippen molar-refractivity contribution < 1.29 is 9.50 Å². The molecule has 6 nitrogen and oxygen atoms in total. The molecule has 4 heterocycles. The Hall–Kier alpha value is -3.32. The van der Waals surface area contributed by atoms with Crippen molar-refractivity contribution in [2.45, 2.75) is 18.9 Å². The molecule has 1 fully saturated rings. The van der Waals surface area contributed by atoms with Gasteiger partial charge in [0.2, 0.25) is 0 Å². The molecule has 0 bridgehead atoms. The SMILES string of the molecule is OC1CCN(c2ccc3nc(-c4ccc(F)cc4)c(-c4ccccn4)n3n2)CC1. The molecule has 1 aliphatic heterocycles. The summed E-state index contributed by atoms with van der Waals surface area (Å²) in [6.07, 6.45) is 2.96. The molecule has 0 amide bonds. The van der Waals surface area contributed by atoms with Gasteiger partial charge in [-0.3, -0.25) is 4.98 Å². The molecule has 3 aromatic heterocycles. The molecule has 0 aliphatic carbocycles. The van der Waals surface area contributed by atoms with Crippen molar-refractivity contribution in [1.29, 1.82) is 0 Å². The van der Waals surface area contributed by atoms with Gasteiger partial charge in [-0.05, 0) is 61.4 Å². The zero-order valence-electron chi connectivity index (χ0n) is 15.7. The van der Waals surface area contributed by atoms with E-state index in [1.54, 1.807) is 22.8 Å². The quantitative estimate of drug-likeness (QED) is 0.580. The molecule has 1 saturated heterocycles. The van der Waals surface area contributed by atoms with Crippen LogP contribution in [-0.4, -0.2) is 43.9 Å². The predicted octanol–water partition coefficient (Wildman–Crippen LogP) is 3.56. The number of piperidine rings is 1. The summed E-state index contributed by atoms with van der Waals surface area (Å²) in [6.45, 7) is 1.52. The summed E-state index contributed by atoms with van der Waals surface area (Å²) in [5.74, 6) is 0.550. The highest BCUT2D eigenvalue weighted by Gasteiger charge is 2.22. The van der Waals surface area contributed by atoms with Gasteiger partial charge >= 0.3 is 0 Å². The lowest BCUT2D eigenvalue weighted by atomic mass is 10.1. The molecule has 0 radical (unpaired) electrons. The van der Waals surface area contributed by atoms with Crippen LogP contribution in [0.2, 0.25) is 0 Å². The van der Waals surface area contributed by atoms with Crippen LogP contribution in [0.1, 0.15) is 12.8 Å². The summed E-state index contributed by atoms with van der Waals surface area (Å²) in [7, 11) is 0. The van der Waals surface area contributed by atoms with Crippen LogP contribution < -0.4 is 4.90 Å². The van der Waals surface area contributed by atoms with E-state index in [-0.39, 0.29) is 11.9 Å². The Morgan fingerprint density at radius 3 is 2.48 bits per heavy atom. The zero-order chi connectivity index (χ0) is 19.8. The third-order valence-electron chi connectivity index (χ3n) is 5.28. The Balaban J connectivity index is 1.68. The standard InChI is InChI=1S/C22H20FN5O/c23-16-6-4-15(5-7-16)21-22(18-3-1-2-12-24-18)28-19(25-21)8-9-20(26-28)27-13-10-17(29)11-14-27/h1-9,12,17,29H,10-11,13-14H2. The first kappa shape index (κ1) is 17.8. The average Bonchev–Trinajstić information content (AvgIpc) is 3.14. The van der Waals surface area contributed by atoms with E-state index >= 15 is 0 Å². The van der Waals surface area contributed by atoms with Crippen molar-refractivity contribution in [2.24, 2.45) is 0 Å². The highest BCUT2D eigenvalue weighted by Crippen LogP contribution is 2.32. The van der Waals surface area contributed by atoms with Gasteiger partial charge in [-0.15, -0.1) is 5.10 Å². The maximum atomic E-state index is 13.4. The van der Waals surface area contributed by atoms with Gasteiger partial charge in [0.15, 0.2) is 5.65 Å². The van der Waals surface area contributed by atoms with E-state index in [1.807, 2.05) is 30.3 Å². The molecule has 0 saturated carbocycles. The lowest BCUT2D eigenvalue weighted by Crippen LogP contribution is -2.36. The van der Waals surface area contributed by atoms with E-state index in [0.717, 1.165) is 48.7 Å². The van der Waals surface area contributed by atoms with Crippen molar-refractivity contribution >= 4 is 11.5 Å². The molecule has 1 N–H and O–H groups in total. The first-order chi connectivity index (χ1) is 14.2. The minimum absolute atomic E-state index is 0.239. The molecule has 0 spiro atoms. The minimum Gasteiger partial charge on any atom is -0.393 e. The van der Waals surface area contributed by atoms with Crippen LogP contribution in [0, 0.1) is 5.82 Å². The third kappa shape index (κ3) is 3.34. The van der Waals surface area contributed by atoms with E-state index in [2.05, 4.69) is 9.88 Å². The number of nitrogens with zero attached hydrogens (tertiary/aromatic N) is 5. The number of aliphatic hydroxyl groups excluding tert-OH is 1. The van der Waals surface area contributed by atoms with E-state index in [0.29, 0.717) is 11.3 Å². The Bertz CT molecular complexity index is 1140. The summed E-state index contributed by atoms with van der Waals surface area (Å²) in [5.41, 5.74) is 3.73. The topological polar surface area (TPSA) is 66.5 Å². The Morgan fingerprint density at radius 1 is 0.966 bits per heavy atom. The van der Waals surface area contributed by atoms with Gasteiger partial charge in [0.25, 0.3) is 0 Å². The molecule has 29 heavy (non-hydrogen) atoms. The maximum absolute atomic E-state index is 13.4. The fraction of sp³-hybridized carbons (Fsp3) is 0.227. The predicted molar refractivity (Wildman–Crippen MR) is 109 cm³/mol. The lowest BCUT2D eigenvalue weighted by Gasteiger charge is -2.30. The number of fused-ring (bicyclic) bond motifs is 1. The summed E-state index contributed by atoms with van der Waals surface area (Å²) >= 11 is 0. The highest BCUT2D eigenvalue weighted by atomic mass is 19.1. The van der Waals surface area contributed by atoms with Gasteiger partial charge in [0.1, 0.15) is 23.0 Å². The second kappa shape index (κ2) is 7.25. The van der Waals surface area contributed by atoms with Crippen LogP contribution in [0.3, 0.4) is 0 Å². The van der Waals surface area contributed by atoms with Crippen molar-refractivity contribution in [2.75, 3.05) is 18.0 Å². The van der Waals surface area contributed by atoms with E-state index in [4.69, 9.17) is 10.1 Å². The van der Waals surface area contributed by atoms with Crippen LogP contribution in [0.15, 0.2) is 60.8 Å². The Morgan fingerprint density at radius 2 is 1.76 bits per heavy atom. The van der Waals surface area contributed by atoms with Gasteiger partial charge in [-0.25, -0.2) is 13.9 Å². The van der Waals surface area contributed by atoms with Crippen molar-refractivity contribution in [3.05, 3.63) is 66.6 Å². The smallest absolute Gasteiger partial charge is 0.155 e. The van der Waals surface area contributed by atoms with Crippen molar-refractivity contribution in [1.82, 2.24) is 19.6 Å². The molecule has 0 unspecified atom stereocenters. The molecule has 0 atom stereocenters. The lowest BCUT2D eigenvalue weighted by molar-refractivity contribution is 0.145. The average molecular weight is 389 g/mol. The molecule has 7 heteroatoms. The normalized spacial score (nSPS) is 15.2. The summed E-state index contributed by atoms with van der Waals surface area (Å²) in [5, 5.41) is 14.6. The van der Waals surface area contributed by atoms with Gasteiger partial charge in [-0.1, -0.05) is 6.07 Å². The fourth-order valence-electron chi connectivity index (χ4n) is 3.73. The number of rotatable bonds is 3. The van der Waals surface area contributed by atoms with Crippen LogP contribution in [0.5, 0.6) is 0 Å². The Kier molecular flexibility index (Phi) is 4.44. The first-order valence-electron chi connectivity index (χ1n) is 9.69. The first-order valence-corrected chi connectivity index (χ1v) is 9.69. The van der Waals surface area contributed by atoms with E-state index in [9.17, 15) is 9.50 Å². The zero-order valence-corrected chi connectivity index (χ0v) is 15.7. The van der Waals surface area contributed by atoms with Crippen molar-refractivity contribution in [3.63, 3.8) is 0 Å². The largest absolute Gasteiger partial charge is 0.393 e. The molecule has 5 rings (SSSR count). The molecule has 1 aliphatic rings. The van der Waals surface area contributed by atoms with E-state index < -0.39 is 0 Å². The summed E-state index contributed by atoms with van der Waals surface area (Å²) in [4.78, 5) is 11.4. The second-order valence-electron chi connectivity index (χ2n) is 7.21. The number of aliphatic hydroxyl groups is 1. The molecule has 4 aromatic rings. The Labute approximate surface area is 167 Å². The fourth-order valence-corrected chi connectivity index (χ4v) is 3.73. The number of imidazole rings is 1. The van der Waals surface area contributed by atoms with Crippen LogP contribution in [0.25, 0.3) is 28.3 Å². The number of anilines is 1. The molecule has 1 aromatic carbocycles. The molecule has 146 valence electrons. The number of pyridine rings is 1. The molecular weight excluding hydrogens is 369 g/mol. The highest BCUT2D eigenvalue weighted by molar-refractivity contribution is 5.80. The number of aromatic nitrogens is 4. The van der Waals surface area contributed by atoms with Gasteiger partial charge in [0, 0.05) is 24.8 Å². The van der Waals surface area contributed by atoms with Crippen LogP contribution in [0.4, 0.5) is 10.2 Å². The van der Waals surface area contributed by atoms with Gasteiger partial charge < -0.3 is 10.0 Å². The number of hydrogen-bond acceptors (Lipinski definition) is 5. The van der Waals surface area contributed by atoms with Crippen molar-refractivity contribution in [3.8, 4) is 22.6 Å². The number of benzene rings is 1. The van der Waals surface area contributed by atoms with Gasteiger partial charge in [0.05, 0.1) is 11.8 Å². The van der Waals surface area contributed by atoms with Crippen LogP contribution >= 0.6 is 0 Å². The monoisotopic (exact) mass is 389 g/mol. The summed E-state index contributed by atoms with van der Waals surface area (Å²) in [6, 6.07) is 15.9. The van der Waals surface area contributed by atoms with Gasteiger partial charge in [-0.2, -0.15) is 0 Å². The third-order valence-corrected chi connectivity index (χ3v) is 5.28. The summed E-state index contributed by atoms with van der Waals surface area (Å²) < 4.78 is 15.3. The molecular formula is C22H20FN5O. The van der Waals surface area contributed by atoms with E-state index in [1.165, 1.54) is 12.1 Å². The minimum atomic E-state index is -0.287. The number of halogens is 1. The maximum Gasteiger partial charge on any atom is 0.155 e. The number of hydrogen-bond donors (Lipinski definition) is 1. The van der Waals surface area contributed by atoms with Crippen LogP contribution in [-0.2, 0) is 0 Å². The second-order valence-corrected chi connectivity index (χ2v) is 7.21.